The van der Waals surface area contributed by atoms with Gasteiger partial charge in [0.2, 0.25) is 10.0 Å². The zero-order chi connectivity index (χ0) is 12.2. The smallest absolute Gasteiger partial charge is 0.225 e. The largest absolute Gasteiger partial charge is 0.312 e. The number of nitriles is 1. The quantitative estimate of drug-likeness (QED) is 0.741. The molecule has 0 spiro atoms. The molecule has 0 aromatic carbocycles. The average Bonchev–Trinajstić information content (AvgIpc) is 2.15. The molecule has 1 unspecified atom stereocenters. The summed E-state index contributed by atoms with van der Waals surface area (Å²) in [5, 5.41) is 11.7. The summed E-state index contributed by atoms with van der Waals surface area (Å²) in [5.41, 5.74) is 0.0907. The molecule has 16 heavy (non-hydrogen) atoms. The van der Waals surface area contributed by atoms with Gasteiger partial charge in [0.1, 0.15) is 0 Å². The van der Waals surface area contributed by atoms with Crippen molar-refractivity contribution < 1.29 is 8.42 Å². The lowest BCUT2D eigenvalue weighted by Gasteiger charge is -2.39. The first-order chi connectivity index (χ1) is 7.37. The zero-order valence-corrected chi connectivity index (χ0v) is 10.6. The Balaban J connectivity index is 2.52. The molecular formula is C10H19N3O2S. The van der Waals surface area contributed by atoms with Crippen molar-refractivity contribution in [3.63, 3.8) is 0 Å². The summed E-state index contributed by atoms with van der Waals surface area (Å²) in [6, 6.07) is 1.78. The minimum Gasteiger partial charge on any atom is -0.312 e. The molecule has 0 bridgehead atoms. The maximum Gasteiger partial charge on any atom is 0.225 e. The summed E-state index contributed by atoms with van der Waals surface area (Å²) in [4.78, 5) is 0. The molecule has 0 aromatic rings. The van der Waals surface area contributed by atoms with Gasteiger partial charge in [-0.15, -0.1) is 0 Å². The summed E-state index contributed by atoms with van der Waals surface area (Å²) < 4.78 is 25.1. The highest BCUT2D eigenvalue weighted by atomic mass is 32.2. The molecule has 5 nitrogen and oxygen atoms in total. The number of rotatable bonds is 4. The molecule has 1 aliphatic rings. The van der Waals surface area contributed by atoms with Crippen molar-refractivity contribution in [2.45, 2.75) is 32.7 Å². The SMILES string of the molecule is CC1(C)CCCNC1CNS(=O)(=O)CC#N. The van der Waals surface area contributed by atoms with Crippen molar-refractivity contribution in [3.8, 4) is 6.07 Å². The van der Waals surface area contributed by atoms with E-state index < -0.39 is 15.8 Å². The van der Waals surface area contributed by atoms with E-state index in [1.807, 2.05) is 0 Å². The molecule has 1 saturated heterocycles. The second-order valence-corrected chi connectivity index (χ2v) is 6.67. The third kappa shape index (κ3) is 3.74. The Morgan fingerprint density at radius 3 is 2.81 bits per heavy atom. The van der Waals surface area contributed by atoms with Gasteiger partial charge in [-0.25, -0.2) is 13.1 Å². The minimum atomic E-state index is -3.43. The predicted octanol–water partition coefficient (Wildman–Crippen LogP) is 0.208. The fraction of sp³-hybridized carbons (Fsp3) is 0.900. The van der Waals surface area contributed by atoms with E-state index in [1.54, 1.807) is 6.07 Å². The van der Waals surface area contributed by atoms with Crippen molar-refractivity contribution in [2.75, 3.05) is 18.8 Å². The Morgan fingerprint density at radius 1 is 1.56 bits per heavy atom. The van der Waals surface area contributed by atoms with Crippen molar-refractivity contribution in [3.05, 3.63) is 0 Å². The standard InChI is InChI=1S/C10H19N3O2S/c1-10(2)4-3-6-12-9(10)8-13-16(14,15)7-5-11/h9,12-13H,3-4,6-8H2,1-2H3. The molecule has 1 fully saturated rings. The summed E-state index contributed by atoms with van der Waals surface area (Å²) >= 11 is 0. The highest BCUT2D eigenvalue weighted by Gasteiger charge is 2.32. The van der Waals surface area contributed by atoms with Gasteiger partial charge < -0.3 is 5.32 Å². The van der Waals surface area contributed by atoms with Crippen LogP contribution in [0.3, 0.4) is 0 Å². The van der Waals surface area contributed by atoms with Crippen LogP contribution in [0, 0.1) is 16.7 Å². The molecule has 6 heteroatoms. The first-order valence-electron chi connectivity index (χ1n) is 5.45. The Morgan fingerprint density at radius 2 is 2.25 bits per heavy atom. The number of hydrogen-bond acceptors (Lipinski definition) is 4. The van der Waals surface area contributed by atoms with Crippen molar-refractivity contribution in [2.24, 2.45) is 5.41 Å². The van der Waals surface area contributed by atoms with Crippen LogP contribution >= 0.6 is 0 Å². The summed E-state index contributed by atoms with van der Waals surface area (Å²) in [5.74, 6) is -0.472. The maximum absolute atomic E-state index is 11.3. The second kappa shape index (κ2) is 5.13. The van der Waals surface area contributed by atoms with E-state index in [0.29, 0.717) is 6.54 Å². The summed E-state index contributed by atoms with van der Waals surface area (Å²) in [6.45, 7) is 5.54. The lowest BCUT2D eigenvalue weighted by Crippen LogP contribution is -2.52. The molecule has 0 aliphatic carbocycles. The first-order valence-corrected chi connectivity index (χ1v) is 7.10. The van der Waals surface area contributed by atoms with Crippen LogP contribution < -0.4 is 10.0 Å². The van der Waals surface area contributed by atoms with Crippen LogP contribution in [0.2, 0.25) is 0 Å². The predicted molar refractivity (Wildman–Crippen MR) is 62.2 cm³/mol. The Bertz CT molecular complexity index is 370. The third-order valence-electron chi connectivity index (χ3n) is 3.09. The van der Waals surface area contributed by atoms with Crippen LogP contribution in [0.25, 0.3) is 0 Å². The fourth-order valence-corrected chi connectivity index (χ4v) is 2.66. The number of sulfonamides is 1. The first kappa shape index (κ1) is 13.4. The normalized spacial score (nSPS) is 24.9. The van der Waals surface area contributed by atoms with E-state index >= 15 is 0 Å². The van der Waals surface area contributed by atoms with E-state index in [0.717, 1.165) is 19.4 Å². The van der Waals surface area contributed by atoms with Crippen LogP contribution in [0.15, 0.2) is 0 Å². The van der Waals surface area contributed by atoms with Gasteiger partial charge in [-0.05, 0) is 24.8 Å². The molecule has 1 heterocycles. The summed E-state index contributed by atoms with van der Waals surface area (Å²) in [6.07, 6.45) is 2.21. The van der Waals surface area contributed by atoms with Gasteiger partial charge in [-0.1, -0.05) is 13.8 Å². The Hall–Kier alpha value is -0.640. The fourth-order valence-electron chi connectivity index (χ4n) is 1.97. The molecule has 0 saturated carbocycles. The monoisotopic (exact) mass is 245 g/mol. The van der Waals surface area contributed by atoms with Crippen molar-refractivity contribution in [1.82, 2.24) is 10.0 Å². The molecule has 0 amide bonds. The van der Waals surface area contributed by atoms with Crippen LogP contribution in [0.5, 0.6) is 0 Å². The van der Waals surface area contributed by atoms with Gasteiger partial charge in [0, 0.05) is 12.6 Å². The van der Waals surface area contributed by atoms with Gasteiger partial charge in [0.25, 0.3) is 0 Å². The van der Waals surface area contributed by atoms with Crippen LogP contribution in [0.1, 0.15) is 26.7 Å². The molecule has 2 N–H and O–H groups in total. The van der Waals surface area contributed by atoms with Crippen molar-refractivity contribution in [1.29, 1.82) is 5.26 Å². The third-order valence-corrected chi connectivity index (χ3v) is 4.21. The Labute approximate surface area is 97.3 Å². The second-order valence-electron chi connectivity index (χ2n) is 4.86. The Kier molecular flexibility index (Phi) is 4.30. The van der Waals surface area contributed by atoms with E-state index in [-0.39, 0.29) is 11.5 Å². The van der Waals surface area contributed by atoms with Crippen LogP contribution in [-0.4, -0.2) is 33.3 Å². The highest BCUT2D eigenvalue weighted by Crippen LogP contribution is 2.29. The number of nitrogens with zero attached hydrogens (tertiary/aromatic N) is 1. The maximum atomic E-state index is 11.3. The van der Waals surface area contributed by atoms with Gasteiger partial charge in [0.15, 0.2) is 5.75 Å². The molecular weight excluding hydrogens is 226 g/mol. The van der Waals surface area contributed by atoms with E-state index in [4.69, 9.17) is 5.26 Å². The molecule has 0 radical (unpaired) electrons. The van der Waals surface area contributed by atoms with Crippen LogP contribution in [-0.2, 0) is 10.0 Å². The highest BCUT2D eigenvalue weighted by molar-refractivity contribution is 7.89. The average molecular weight is 245 g/mol. The molecule has 92 valence electrons. The minimum absolute atomic E-state index is 0.0907. The number of nitrogens with one attached hydrogen (secondary N) is 2. The van der Waals surface area contributed by atoms with Gasteiger partial charge in [-0.3, -0.25) is 0 Å². The van der Waals surface area contributed by atoms with E-state index in [2.05, 4.69) is 23.9 Å². The molecule has 1 aliphatic heterocycles. The lowest BCUT2D eigenvalue weighted by atomic mass is 9.78. The summed E-state index contributed by atoms with van der Waals surface area (Å²) in [7, 11) is -3.43. The molecule has 1 atom stereocenters. The number of piperidine rings is 1. The molecule has 0 aromatic heterocycles. The topological polar surface area (TPSA) is 82.0 Å². The van der Waals surface area contributed by atoms with Crippen LogP contribution in [0.4, 0.5) is 0 Å². The van der Waals surface area contributed by atoms with Gasteiger partial charge in [-0.2, -0.15) is 5.26 Å². The van der Waals surface area contributed by atoms with Gasteiger partial charge >= 0.3 is 0 Å². The lowest BCUT2D eigenvalue weighted by molar-refractivity contribution is 0.182. The number of hydrogen-bond donors (Lipinski definition) is 2. The van der Waals surface area contributed by atoms with Crippen molar-refractivity contribution >= 4 is 10.0 Å². The molecule has 1 rings (SSSR count). The van der Waals surface area contributed by atoms with Gasteiger partial charge in [0.05, 0.1) is 6.07 Å². The van der Waals surface area contributed by atoms with E-state index in [1.165, 1.54) is 0 Å². The zero-order valence-electron chi connectivity index (χ0n) is 9.78. The van der Waals surface area contributed by atoms with E-state index in [9.17, 15) is 8.42 Å².